The number of hydrogen-bond donors (Lipinski definition) is 0. The molecule has 0 unspecified atom stereocenters. The maximum absolute atomic E-state index is 12.9. The normalized spacial score (nSPS) is 12.3. The molecule has 1 aliphatic rings. The summed E-state index contributed by atoms with van der Waals surface area (Å²) in [5.74, 6) is 0.0830. The van der Waals surface area contributed by atoms with Gasteiger partial charge in [-0.25, -0.2) is 4.98 Å². The van der Waals surface area contributed by atoms with Crippen LogP contribution in [0.4, 0.5) is 0 Å². The number of pyridine rings is 1. The van der Waals surface area contributed by atoms with E-state index in [-0.39, 0.29) is 5.78 Å². The first-order valence-electron chi connectivity index (χ1n) is 8.78. The summed E-state index contributed by atoms with van der Waals surface area (Å²) >= 11 is 0. The third-order valence-corrected chi connectivity index (χ3v) is 5.06. The van der Waals surface area contributed by atoms with Gasteiger partial charge >= 0.3 is 0 Å². The van der Waals surface area contributed by atoms with E-state index in [0.717, 1.165) is 44.4 Å². The Balaban J connectivity index is 1.89. The standard InChI is InChI=1S/C24H17NO/c1-14-10-15(2)12-16(11-14)22-13-20-17-6-3-4-7-18(17)24(26)19-8-5-9-21(25-22)23(19)20/h3-13H,1-2H3. The number of fused-ring (bicyclic) bond motifs is 2. The number of ketones is 1. The molecule has 5 rings (SSSR count). The van der Waals surface area contributed by atoms with Gasteiger partial charge in [0, 0.05) is 22.1 Å². The van der Waals surface area contributed by atoms with Crippen molar-refractivity contribution in [1.82, 2.24) is 4.98 Å². The van der Waals surface area contributed by atoms with Crippen LogP contribution in [-0.4, -0.2) is 10.8 Å². The van der Waals surface area contributed by atoms with Crippen molar-refractivity contribution in [3.8, 4) is 22.4 Å². The van der Waals surface area contributed by atoms with Gasteiger partial charge in [0.05, 0.1) is 11.2 Å². The van der Waals surface area contributed by atoms with Crippen molar-refractivity contribution in [3.05, 3.63) is 89.0 Å². The average molecular weight is 335 g/mol. The summed E-state index contributed by atoms with van der Waals surface area (Å²) in [6.45, 7) is 4.21. The SMILES string of the molecule is Cc1cc(C)cc(-c2cc3c4c(cccc4n2)C(=O)c2ccccc2-3)c1. The summed E-state index contributed by atoms with van der Waals surface area (Å²) in [7, 11) is 0. The summed E-state index contributed by atoms with van der Waals surface area (Å²) in [5, 5.41) is 0.962. The number of nitrogens with zero attached hydrogens (tertiary/aromatic N) is 1. The zero-order chi connectivity index (χ0) is 17.8. The van der Waals surface area contributed by atoms with Crippen molar-refractivity contribution in [2.24, 2.45) is 0 Å². The van der Waals surface area contributed by atoms with E-state index in [0.29, 0.717) is 0 Å². The Labute approximate surface area is 152 Å². The van der Waals surface area contributed by atoms with Crippen LogP contribution in [0.5, 0.6) is 0 Å². The zero-order valence-electron chi connectivity index (χ0n) is 14.7. The molecule has 4 aromatic rings. The fraction of sp³-hybridized carbons (Fsp3) is 0.0833. The van der Waals surface area contributed by atoms with Crippen LogP contribution in [0.15, 0.2) is 66.7 Å². The Morgan fingerprint density at radius 1 is 0.692 bits per heavy atom. The Morgan fingerprint density at radius 2 is 1.38 bits per heavy atom. The molecular formula is C24H17NO. The van der Waals surface area contributed by atoms with Gasteiger partial charge in [0.15, 0.2) is 5.78 Å². The van der Waals surface area contributed by atoms with Crippen molar-refractivity contribution in [1.29, 1.82) is 0 Å². The molecule has 0 saturated carbocycles. The summed E-state index contributed by atoms with van der Waals surface area (Å²) in [4.78, 5) is 17.8. The van der Waals surface area contributed by atoms with Crippen LogP contribution in [0, 0.1) is 13.8 Å². The fourth-order valence-corrected chi connectivity index (χ4v) is 4.02. The van der Waals surface area contributed by atoms with E-state index in [1.807, 2.05) is 42.5 Å². The Morgan fingerprint density at radius 3 is 2.15 bits per heavy atom. The van der Waals surface area contributed by atoms with Gasteiger partial charge < -0.3 is 0 Å². The minimum Gasteiger partial charge on any atom is -0.289 e. The van der Waals surface area contributed by atoms with Crippen LogP contribution in [0.1, 0.15) is 27.0 Å². The Hall–Kier alpha value is -3.26. The molecule has 1 aromatic heterocycles. The minimum absolute atomic E-state index is 0.0830. The predicted octanol–water partition coefficient (Wildman–Crippen LogP) is 5.73. The summed E-state index contributed by atoms with van der Waals surface area (Å²) in [6, 6.07) is 22.3. The first kappa shape index (κ1) is 15.0. The summed E-state index contributed by atoms with van der Waals surface area (Å²) in [6.07, 6.45) is 0. The lowest BCUT2D eigenvalue weighted by Gasteiger charge is -2.20. The van der Waals surface area contributed by atoms with Gasteiger partial charge in [-0.2, -0.15) is 0 Å². The second kappa shape index (κ2) is 5.37. The lowest BCUT2D eigenvalue weighted by Crippen LogP contribution is -2.10. The van der Waals surface area contributed by atoms with E-state index < -0.39 is 0 Å². The van der Waals surface area contributed by atoms with Gasteiger partial charge in [-0.3, -0.25) is 4.79 Å². The number of carbonyl (C=O) groups is 1. The van der Waals surface area contributed by atoms with Crippen LogP contribution in [0.25, 0.3) is 33.3 Å². The van der Waals surface area contributed by atoms with E-state index in [9.17, 15) is 4.79 Å². The van der Waals surface area contributed by atoms with Crippen LogP contribution in [-0.2, 0) is 0 Å². The van der Waals surface area contributed by atoms with Crippen molar-refractivity contribution >= 4 is 16.7 Å². The fourth-order valence-electron chi connectivity index (χ4n) is 4.02. The molecule has 0 fully saturated rings. The van der Waals surface area contributed by atoms with Crippen molar-refractivity contribution < 1.29 is 4.79 Å². The molecule has 1 aliphatic carbocycles. The third kappa shape index (κ3) is 2.12. The highest BCUT2D eigenvalue weighted by Crippen LogP contribution is 2.40. The van der Waals surface area contributed by atoms with E-state index in [2.05, 4.69) is 38.1 Å². The van der Waals surface area contributed by atoms with Gasteiger partial charge in [0.25, 0.3) is 0 Å². The molecule has 0 amide bonds. The molecule has 0 atom stereocenters. The molecule has 26 heavy (non-hydrogen) atoms. The van der Waals surface area contributed by atoms with Gasteiger partial charge in [-0.05, 0) is 49.2 Å². The number of carbonyl (C=O) groups excluding carboxylic acids is 1. The van der Waals surface area contributed by atoms with Crippen molar-refractivity contribution in [2.45, 2.75) is 13.8 Å². The first-order valence-corrected chi connectivity index (χ1v) is 8.78. The number of rotatable bonds is 1. The van der Waals surface area contributed by atoms with Crippen LogP contribution in [0.2, 0.25) is 0 Å². The van der Waals surface area contributed by atoms with Crippen molar-refractivity contribution in [3.63, 3.8) is 0 Å². The third-order valence-electron chi connectivity index (χ3n) is 5.06. The number of aryl methyl sites for hydroxylation is 2. The molecule has 124 valence electrons. The lowest BCUT2D eigenvalue weighted by molar-refractivity contribution is 0.104. The highest BCUT2D eigenvalue weighted by Gasteiger charge is 2.25. The molecule has 3 aromatic carbocycles. The Bertz CT molecular complexity index is 1200. The van der Waals surface area contributed by atoms with Crippen LogP contribution >= 0.6 is 0 Å². The largest absolute Gasteiger partial charge is 0.289 e. The predicted molar refractivity (Wildman–Crippen MR) is 106 cm³/mol. The maximum atomic E-state index is 12.9. The number of benzene rings is 3. The molecule has 0 radical (unpaired) electrons. The quantitative estimate of drug-likeness (QED) is 0.391. The number of hydrogen-bond acceptors (Lipinski definition) is 2. The molecule has 0 aliphatic heterocycles. The van der Waals surface area contributed by atoms with E-state index in [1.165, 1.54) is 11.1 Å². The molecule has 2 nitrogen and oxygen atoms in total. The lowest BCUT2D eigenvalue weighted by atomic mass is 9.83. The zero-order valence-corrected chi connectivity index (χ0v) is 14.7. The average Bonchev–Trinajstić information content (AvgIpc) is 2.64. The number of aromatic nitrogens is 1. The second-order valence-electron chi connectivity index (χ2n) is 7.01. The van der Waals surface area contributed by atoms with E-state index in [1.54, 1.807) is 0 Å². The minimum atomic E-state index is 0.0830. The monoisotopic (exact) mass is 335 g/mol. The molecule has 2 heteroatoms. The second-order valence-corrected chi connectivity index (χ2v) is 7.01. The molecule has 0 spiro atoms. The molecule has 0 saturated heterocycles. The summed E-state index contributed by atoms with van der Waals surface area (Å²) in [5.41, 5.74) is 8.97. The highest BCUT2D eigenvalue weighted by molar-refractivity contribution is 6.25. The molecule has 0 N–H and O–H groups in total. The molecular weight excluding hydrogens is 318 g/mol. The first-order chi connectivity index (χ1) is 12.6. The van der Waals surface area contributed by atoms with Gasteiger partial charge in [-0.15, -0.1) is 0 Å². The van der Waals surface area contributed by atoms with Gasteiger partial charge in [0.1, 0.15) is 0 Å². The summed E-state index contributed by atoms with van der Waals surface area (Å²) < 4.78 is 0. The van der Waals surface area contributed by atoms with Crippen molar-refractivity contribution in [2.75, 3.05) is 0 Å². The van der Waals surface area contributed by atoms with Crippen LogP contribution < -0.4 is 0 Å². The van der Waals surface area contributed by atoms with E-state index in [4.69, 9.17) is 4.98 Å². The molecule has 0 bridgehead atoms. The topological polar surface area (TPSA) is 30.0 Å². The smallest absolute Gasteiger partial charge is 0.194 e. The van der Waals surface area contributed by atoms with Gasteiger partial charge in [0.2, 0.25) is 0 Å². The maximum Gasteiger partial charge on any atom is 0.194 e. The molecule has 1 heterocycles. The van der Waals surface area contributed by atoms with E-state index >= 15 is 0 Å². The Kier molecular flexibility index (Phi) is 3.10. The van der Waals surface area contributed by atoms with Crippen LogP contribution in [0.3, 0.4) is 0 Å². The van der Waals surface area contributed by atoms with Gasteiger partial charge in [-0.1, -0.05) is 53.6 Å². The highest BCUT2D eigenvalue weighted by atomic mass is 16.1.